The van der Waals surface area contributed by atoms with E-state index in [2.05, 4.69) is 0 Å². The Kier molecular flexibility index (Phi) is 4.31. The molecule has 3 nitrogen and oxygen atoms in total. The van der Waals surface area contributed by atoms with Crippen LogP contribution < -0.4 is 0 Å². The molecule has 0 atom stereocenters. The van der Waals surface area contributed by atoms with Crippen molar-refractivity contribution < 1.29 is 14.3 Å². The van der Waals surface area contributed by atoms with Gasteiger partial charge >= 0.3 is 5.97 Å². The Morgan fingerprint density at radius 1 is 1.21 bits per heavy atom. The second-order valence-electron chi connectivity index (χ2n) is 4.14. The van der Waals surface area contributed by atoms with Crippen LogP contribution in [0.5, 0.6) is 0 Å². The van der Waals surface area contributed by atoms with Crippen LogP contribution in [0, 0.1) is 0 Å². The molecule has 2 rings (SSSR count). The van der Waals surface area contributed by atoms with Gasteiger partial charge in [0.25, 0.3) is 0 Å². The number of carbonyl (C=O) groups is 1. The number of hydrogen-bond acceptors (Lipinski definition) is 3. The van der Waals surface area contributed by atoms with Crippen LogP contribution in [-0.4, -0.2) is 26.8 Å². The van der Waals surface area contributed by atoms with Crippen molar-refractivity contribution >= 4 is 22.8 Å². The first kappa shape index (κ1) is 13.3. The predicted octanol–water partition coefficient (Wildman–Crippen LogP) is 3.29. The SMILES string of the molecule is COCC=Cc1cc(C(=O)OC)c2ccccc2c1. The lowest BCUT2D eigenvalue weighted by molar-refractivity contribution is 0.0603. The van der Waals surface area contributed by atoms with Gasteiger partial charge in [-0.05, 0) is 28.5 Å². The Labute approximate surface area is 112 Å². The molecule has 0 saturated carbocycles. The minimum atomic E-state index is -0.321. The zero-order valence-corrected chi connectivity index (χ0v) is 11.1. The first-order valence-electron chi connectivity index (χ1n) is 6.03. The number of esters is 1. The van der Waals surface area contributed by atoms with E-state index in [0.29, 0.717) is 12.2 Å². The third-order valence-corrected chi connectivity index (χ3v) is 2.86. The fraction of sp³-hybridized carbons (Fsp3) is 0.188. The maximum atomic E-state index is 11.8. The molecule has 0 aromatic heterocycles. The van der Waals surface area contributed by atoms with Gasteiger partial charge in [-0.25, -0.2) is 4.79 Å². The topological polar surface area (TPSA) is 35.5 Å². The van der Waals surface area contributed by atoms with E-state index < -0.39 is 0 Å². The molecule has 0 aliphatic heterocycles. The van der Waals surface area contributed by atoms with E-state index in [-0.39, 0.29) is 5.97 Å². The van der Waals surface area contributed by atoms with E-state index in [1.807, 2.05) is 48.6 Å². The van der Waals surface area contributed by atoms with Gasteiger partial charge in [0.05, 0.1) is 19.3 Å². The van der Waals surface area contributed by atoms with Crippen molar-refractivity contribution in [2.45, 2.75) is 0 Å². The van der Waals surface area contributed by atoms with Crippen LogP contribution in [0.3, 0.4) is 0 Å². The molecule has 0 spiro atoms. The minimum absolute atomic E-state index is 0.321. The predicted molar refractivity (Wildman–Crippen MR) is 76.2 cm³/mol. The van der Waals surface area contributed by atoms with Crippen LogP contribution in [0.4, 0.5) is 0 Å². The van der Waals surface area contributed by atoms with Gasteiger partial charge in [0.15, 0.2) is 0 Å². The summed E-state index contributed by atoms with van der Waals surface area (Å²) in [6.07, 6.45) is 3.84. The van der Waals surface area contributed by atoms with Gasteiger partial charge in [0.2, 0.25) is 0 Å². The highest BCUT2D eigenvalue weighted by Crippen LogP contribution is 2.22. The maximum absolute atomic E-state index is 11.8. The van der Waals surface area contributed by atoms with Crippen molar-refractivity contribution in [1.29, 1.82) is 0 Å². The maximum Gasteiger partial charge on any atom is 0.338 e. The molecular formula is C16H16O3. The number of hydrogen-bond donors (Lipinski definition) is 0. The summed E-state index contributed by atoms with van der Waals surface area (Å²) in [7, 11) is 3.04. The summed E-state index contributed by atoms with van der Waals surface area (Å²) >= 11 is 0. The second kappa shape index (κ2) is 6.16. The Morgan fingerprint density at radius 2 is 2.00 bits per heavy atom. The van der Waals surface area contributed by atoms with E-state index >= 15 is 0 Å². The minimum Gasteiger partial charge on any atom is -0.465 e. The molecule has 0 heterocycles. The summed E-state index contributed by atoms with van der Waals surface area (Å²) < 4.78 is 9.81. The smallest absolute Gasteiger partial charge is 0.338 e. The van der Waals surface area contributed by atoms with Crippen LogP contribution in [0.1, 0.15) is 15.9 Å². The van der Waals surface area contributed by atoms with Crippen LogP contribution in [0.25, 0.3) is 16.8 Å². The first-order chi connectivity index (χ1) is 9.26. The molecule has 19 heavy (non-hydrogen) atoms. The fourth-order valence-electron chi connectivity index (χ4n) is 1.99. The third kappa shape index (κ3) is 3.01. The molecule has 0 radical (unpaired) electrons. The van der Waals surface area contributed by atoms with Crippen LogP contribution in [0.15, 0.2) is 42.5 Å². The molecule has 0 bridgehead atoms. The fourth-order valence-corrected chi connectivity index (χ4v) is 1.99. The van der Waals surface area contributed by atoms with Crippen molar-refractivity contribution in [2.75, 3.05) is 20.8 Å². The molecule has 98 valence electrons. The lowest BCUT2D eigenvalue weighted by atomic mass is 10.0. The van der Waals surface area contributed by atoms with Crippen molar-refractivity contribution in [2.24, 2.45) is 0 Å². The highest BCUT2D eigenvalue weighted by atomic mass is 16.5. The number of methoxy groups -OCH3 is 2. The number of fused-ring (bicyclic) bond motifs is 1. The van der Waals surface area contributed by atoms with Crippen LogP contribution >= 0.6 is 0 Å². The summed E-state index contributed by atoms with van der Waals surface area (Å²) in [4.78, 5) is 11.8. The highest BCUT2D eigenvalue weighted by Gasteiger charge is 2.10. The Bertz CT molecular complexity index is 614. The first-order valence-corrected chi connectivity index (χ1v) is 6.03. The lowest BCUT2D eigenvalue weighted by Crippen LogP contribution is -2.02. The van der Waals surface area contributed by atoms with E-state index in [9.17, 15) is 4.79 Å². The van der Waals surface area contributed by atoms with Crippen LogP contribution in [0.2, 0.25) is 0 Å². The second-order valence-corrected chi connectivity index (χ2v) is 4.14. The van der Waals surface area contributed by atoms with Gasteiger partial charge in [0, 0.05) is 7.11 Å². The molecule has 0 saturated heterocycles. The lowest BCUT2D eigenvalue weighted by Gasteiger charge is -2.06. The van der Waals surface area contributed by atoms with Crippen molar-refractivity contribution in [1.82, 2.24) is 0 Å². The number of ether oxygens (including phenoxy) is 2. The molecule has 0 fully saturated rings. The normalized spacial score (nSPS) is 11.1. The summed E-state index contributed by atoms with van der Waals surface area (Å²) in [5.41, 5.74) is 1.54. The van der Waals surface area contributed by atoms with Gasteiger partial charge in [-0.2, -0.15) is 0 Å². The Hall–Kier alpha value is -2.13. The van der Waals surface area contributed by atoms with Crippen molar-refractivity contribution in [3.05, 3.63) is 53.6 Å². The molecule has 0 N–H and O–H groups in total. The van der Waals surface area contributed by atoms with Gasteiger partial charge in [-0.1, -0.05) is 36.4 Å². The average Bonchev–Trinajstić information content (AvgIpc) is 2.46. The third-order valence-electron chi connectivity index (χ3n) is 2.86. The van der Waals surface area contributed by atoms with E-state index in [1.165, 1.54) is 7.11 Å². The quantitative estimate of drug-likeness (QED) is 0.787. The summed E-state index contributed by atoms with van der Waals surface area (Å²) in [5.74, 6) is -0.321. The molecular weight excluding hydrogens is 240 g/mol. The van der Waals surface area contributed by atoms with Gasteiger partial charge in [0.1, 0.15) is 0 Å². The van der Waals surface area contributed by atoms with Crippen molar-refractivity contribution in [3.8, 4) is 0 Å². The molecule has 0 aliphatic carbocycles. The molecule has 0 unspecified atom stereocenters. The zero-order valence-electron chi connectivity index (χ0n) is 11.1. The van der Waals surface area contributed by atoms with E-state index in [0.717, 1.165) is 16.3 Å². The van der Waals surface area contributed by atoms with Gasteiger partial charge in [-0.3, -0.25) is 0 Å². The summed E-state index contributed by atoms with van der Waals surface area (Å²) in [6, 6.07) is 11.6. The van der Waals surface area contributed by atoms with E-state index in [1.54, 1.807) is 7.11 Å². The Morgan fingerprint density at radius 3 is 2.74 bits per heavy atom. The molecule has 0 amide bonds. The average molecular weight is 256 g/mol. The summed E-state index contributed by atoms with van der Waals surface area (Å²) in [6.45, 7) is 0.542. The number of rotatable bonds is 4. The molecule has 2 aromatic rings. The van der Waals surface area contributed by atoms with E-state index in [4.69, 9.17) is 9.47 Å². The highest BCUT2D eigenvalue weighted by molar-refractivity contribution is 6.05. The molecule has 2 aromatic carbocycles. The monoisotopic (exact) mass is 256 g/mol. The number of carbonyl (C=O) groups excluding carboxylic acids is 1. The van der Waals surface area contributed by atoms with Gasteiger partial charge in [-0.15, -0.1) is 0 Å². The van der Waals surface area contributed by atoms with Crippen molar-refractivity contribution in [3.63, 3.8) is 0 Å². The zero-order chi connectivity index (χ0) is 13.7. The van der Waals surface area contributed by atoms with Gasteiger partial charge < -0.3 is 9.47 Å². The standard InChI is InChI=1S/C16H16O3/c1-18-9-5-6-12-10-13-7-3-4-8-14(13)15(11-12)16(17)19-2/h3-8,10-11H,9H2,1-2H3. The molecule has 0 aliphatic rings. The molecule has 3 heteroatoms. The Balaban J connectivity index is 2.53. The largest absolute Gasteiger partial charge is 0.465 e. The number of benzene rings is 2. The summed E-state index contributed by atoms with van der Waals surface area (Å²) in [5, 5.41) is 1.92. The van der Waals surface area contributed by atoms with Crippen LogP contribution in [-0.2, 0) is 9.47 Å².